The highest BCUT2D eigenvalue weighted by molar-refractivity contribution is 5.76. The summed E-state index contributed by atoms with van der Waals surface area (Å²) in [6.45, 7) is 10.4. The zero-order valence-corrected chi connectivity index (χ0v) is 20.6. The molecule has 2 aromatic carbocycles. The molecule has 1 fully saturated rings. The van der Waals surface area contributed by atoms with Crippen LogP contribution in [0.25, 0.3) is 5.69 Å². The minimum absolute atomic E-state index is 0.0897. The third-order valence-electron chi connectivity index (χ3n) is 5.69. The Morgan fingerprint density at radius 3 is 2.50 bits per heavy atom. The van der Waals surface area contributed by atoms with Crippen molar-refractivity contribution >= 4 is 6.03 Å². The fourth-order valence-electron chi connectivity index (χ4n) is 3.89. The zero-order chi connectivity index (χ0) is 24.5. The summed E-state index contributed by atoms with van der Waals surface area (Å²) in [5.74, 6) is 0.916. The molecule has 1 aromatic heterocycles. The number of nitrogens with zero attached hydrogens (tertiary/aromatic N) is 3. The van der Waals surface area contributed by atoms with Gasteiger partial charge in [0, 0.05) is 11.6 Å². The molecular formula is C27H33FN4O2. The van der Waals surface area contributed by atoms with Gasteiger partial charge in [0.05, 0.1) is 23.5 Å². The molecule has 0 spiro atoms. The summed E-state index contributed by atoms with van der Waals surface area (Å²) in [7, 11) is 0. The average Bonchev–Trinajstić information content (AvgIpc) is 3.54. The van der Waals surface area contributed by atoms with Crippen LogP contribution in [-0.2, 0) is 13.0 Å². The molecular weight excluding hydrogens is 431 g/mol. The summed E-state index contributed by atoms with van der Waals surface area (Å²) in [6, 6.07) is 14.1. The Hall–Kier alpha value is -3.35. The van der Waals surface area contributed by atoms with Crippen molar-refractivity contribution in [2.24, 2.45) is 0 Å². The van der Waals surface area contributed by atoms with E-state index in [4.69, 9.17) is 9.84 Å². The second-order valence-electron chi connectivity index (χ2n) is 9.93. The van der Waals surface area contributed by atoms with Crippen LogP contribution in [0, 0.1) is 12.7 Å². The van der Waals surface area contributed by atoms with Gasteiger partial charge in [0.25, 0.3) is 0 Å². The first-order chi connectivity index (χ1) is 16.1. The Morgan fingerprint density at radius 2 is 1.91 bits per heavy atom. The molecule has 6 nitrogen and oxygen atoms in total. The second kappa shape index (κ2) is 9.49. The molecule has 1 aliphatic carbocycles. The van der Waals surface area contributed by atoms with Gasteiger partial charge < -0.3 is 15.0 Å². The molecule has 0 radical (unpaired) electrons. The number of halogens is 1. The summed E-state index contributed by atoms with van der Waals surface area (Å²) in [5, 5.41) is 7.92. The molecule has 3 aromatic rings. The largest absolute Gasteiger partial charge is 0.439 e. The fraction of sp³-hybridized carbons (Fsp3) is 0.407. The van der Waals surface area contributed by atoms with E-state index in [-0.39, 0.29) is 23.4 Å². The van der Waals surface area contributed by atoms with Crippen molar-refractivity contribution in [3.05, 3.63) is 71.2 Å². The molecule has 2 amide bonds. The van der Waals surface area contributed by atoms with Crippen molar-refractivity contribution in [1.29, 1.82) is 0 Å². The van der Waals surface area contributed by atoms with E-state index in [1.165, 1.54) is 12.1 Å². The Morgan fingerprint density at radius 1 is 1.21 bits per heavy atom. The van der Waals surface area contributed by atoms with Crippen LogP contribution >= 0.6 is 0 Å². The van der Waals surface area contributed by atoms with Crippen LogP contribution in [-0.4, -0.2) is 32.3 Å². The van der Waals surface area contributed by atoms with E-state index in [1.807, 2.05) is 63.8 Å². The third-order valence-corrected chi connectivity index (χ3v) is 5.69. The molecule has 0 aliphatic heterocycles. The van der Waals surface area contributed by atoms with Gasteiger partial charge in [-0.15, -0.1) is 0 Å². The summed E-state index contributed by atoms with van der Waals surface area (Å²) in [4.78, 5) is 15.1. The number of carbonyl (C=O) groups is 1. The number of hydrogen-bond acceptors (Lipinski definition) is 3. The number of benzene rings is 2. The van der Waals surface area contributed by atoms with E-state index in [0.29, 0.717) is 30.3 Å². The van der Waals surface area contributed by atoms with Crippen molar-refractivity contribution < 1.29 is 13.9 Å². The first-order valence-corrected chi connectivity index (χ1v) is 11.8. The third kappa shape index (κ3) is 5.58. The summed E-state index contributed by atoms with van der Waals surface area (Å²) in [5.41, 5.74) is 3.15. The first kappa shape index (κ1) is 23.8. The van der Waals surface area contributed by atoms with Crippen molar-refractivity contribution in [3.63, 3.8) is 0 Å². The normalized spacial score (nSPS) is 13.6. The number of aromatic nitrogens is 2. The molecule has 1 heterocycles. The quantitative estimate of drug-likeness (QED) is 0.456. The van der Waals surface area contributed by atoms with Gasteiger partial charge in [-0.1, -0.05) is 19.1 Å². The number of carbonyl (C=O) groups excluding carboxylic acids is 1. The van der Waals surface area contributed by atoms with Gasteiger partial charge in [-0.05, 0) is 88.9 Å². The lowest BCUT2D eigenvalue weighted by molar-refractivity contribution is 0.182. The van der Waals surface area contributed by atoms with Gasteiger partial charge >= 0.3 is 6.03 Å². The van der Waals surface area contributed by atoms with Gasteiger partial charge in [-0.2, -0.15) is 5.10 Å². The molecule has 4 rings (SSSR count). The topological polar surface area (TPSA) is 59.4 Å². The molecule has 7 heteroatoms. The smallest absolute Gasteiger partial charge is 0.318 e. The molecule has 1 aliphatic rings. The van der Waals surface area contributed by atoms with Gasteiger partial charge in [0.2, 0.25) is 5.88 Å². The second-order valence-corrected chi connectivity index (χ2v) is 9.93. The molecule has 0 atom stereocenters. The number of rotatable bonds is 7. The van der Waals surface area contributed by atoms with E-state index >= 15 is 0 Å². The lowest BCUT2D eigenvalue weighted by Crippen LogP contribution is -2.49. The van der Waals surface area contributed by atoms with E-state index in [1.54, 1.807) is 16.8 Å². The van der Waals surface area contributed by atoms with Crippen LogP contribution in [0.1, 0.15) is 57.4 Å². The molecule has 34 heavy (non-hydrogen) atoms. The molecule has 0 unspecified atom stereocenters. The Balaban J connectivity index is 1.78. The number of aryl methyl sites for hydroxylation is 2. The lowest BCUT2D eigenvalue weighted by atomic mass is 10.1. The Bertz CT molecular complexity index is 1160. The highest BCUT2D eigenvalue weighted by Crippen LogP contribution is 2.36. The first-order valence-electron chi connectivity index (χ1n) is 11.8. The van der Waals surface area contributed by atoms with E-state index in [0.717, 1.165) is 29.7 Å². The minimum Gasteiger partial charge on any atom is -0.439 e. The van der Waals surface area contributed by atoms with E-state index in [2.05, 4.69) is 5.32 Å². The number of amides is 2. The van der Waals surface area contributed by atoms with Crippen molar-refractivity contribution in [3.8, 4) is 17.3 Å². The highest BCUT2D eigenvalue weighted by atomic mass is 19.1. The Labute approximate surface area is 200 Å². The summed E-state index contributed by atoms with van der Waals surface area (Å²) < 4.78 is 21.8. The van der Waals surface area contributed by atoms with Crippen LogP contribution in [0.15, 0.2) is 48.5 Å². The maximum atomic E-state index is 13.6. The molecule has 1 saturated carbocycles. The fourth-order valence-corrected chi connectivity index (χ4v) is 3.89. The van der Waals surface area contributed by atoms with Crippen LogP contribution in [0.2, 0.25) is 0 Å². The maximum Gasteiger partial charge on any atom is 0.318 e. The van der Waals surface area contributed by atoms with E-state index < -0.39 is 0 Å². The van der Waals surface area contributed by atoms with Gasteiger partial charge in [0.1, 0.15) is 11.6 Å². The molecule has 0 bridgehead atoms. The van der Waals surface area contributed by atoms with Crippen LogP contribution in [0.5, 0.6) is 11.6 Å². The van der Waals surface area contributed by atoms with Gasteiger partial charge in [0.15, 0.2) is 0 Å². The summed E-state index contributed by atoms with van der Waals surface area (Å²) in [6.07, 6.45) is 2.64. The average molecular weight is 465 g/mol. The van der Waals surface area contributed by atoms with Gasteiger partial charge in [-0.3, -0.25) is 0 Å². The van der Waals surface area contributed by atoms with Crippen LogP contribution < -0.4 is 10.1 Å². The number of nitrogens with one attached hydrogen (secondary N) is 1. The standard InChI is InChI=1S/C27H33FN4O2/c1-6-24-23(17-31(20-14-15-20)26(33)29-27(3,4)5)25(34-22-9-7-8-18(2)16-22)32(30-24)21-12-10-19(28)11-13-21/h7-13,16,20H,6,14-15,17H2,1-5H3,(H,29,33). The van der Waals surface area contributed by atoms with Crippen molar-refractivity contribution in [1.82, 2.24) is 20.0 Å². The Kier molecular flexibility index (Phi) is 6.64. The SMILES string of the molecule is CCc1nn(-c2ccc(F)cc2)c(Oc2cccc(C)c2)c1CN(C(=O)NC(C)(C)C)C1CC1. The van der Waals surface area contributed by atoms with Crippen molar-refractivity contribution in [2.75, 3.05) is 0 Å². The van der Waals surface area contributed by atoms with Crippen molar-refractivity contribution in [2.45, 2.75) is 72.0 Å². The number of urea groups is 1. The summed E-state index contributed by atoms with van der Waals surface area (Å²) >= 11 is 0. The lowest BCUT2D eigenvalue weighted by Gasteiger charge is -2.28. The monoisotopic (exact) mass is 464 g/mol. The molecule has 180 valence electrons. The maximum absolute atomic E-state index is 13.6. The molecule has 0 saturated heterocycles. The number of ether oxygens (including phenoxy) is 1. The minimum atomic E-state index is -0.336. The zero-order valence-electron chi connectivity index (χ0n) is 20.6. The van der Waals surface area contributed by atoms with E-state index in [9.17, 15) is 9.18 Å². The highest BCUT2D eigenvalue weighted by Gasteiger charge is 2.36. The van der Waals surface area contributed by atoms with Crippen LogP contribution in [0.3, 0.4) is 0 Å². The van der Waals surface area contributed by atoms with Crippen LogP contribution in [0.4, 0.5) is 9.18 Å². The predicted molar refractivity (Wildman–Crippen MR) is 131 cm³/mol. The molecule has 1 N–H and O–H groups in total. The predicted octanol–water partition coefficient (Wildman–Crippen LogP) is 6.15. The van der Waals surface area contributed by atoms with Gasteiger partial charge in [-0.25, -0.2) is 13.9 Å². The number of hydrogen-bond donors (Lipinski definition) is 1.